The van der Waals surface area contributed by atoms with Crippen LogP contribution in [0, 0.1) is 6.92 Å². The van der Waals surface area contributed by atoms with Crippen molar-refractivity contribution in [2.45, 2.75) is 6.92 Å². The Labute approximate surface area is 157 Å². The second-order valence-corrected chi connectivity index (χ2v) is 6.57. The molecule has 0 radical (unpaired) electrons. The number of nitrogens with one attached hydrogen (secondary N) is 2. The van der Waals surface area contributed by atoms with Gasteiger partial charge in [0.1, 0.15) is 11.6 Å². The molecule has 0 bridgehead atoms. The summed E-state index contributed by atoms with van der Waals surface area (Å²) in [6, 6.07) is 26.5. The van der Waals surface area contributed by atoms with Crippen LogP contribution in [0.5, 0.6) is 0 Å². The first-order chi connectivity index (χ1) is 13.3. The largest absolute Gasteiger partial charge is 0.342 e. The average Bonchev–Trinajstić information content (AvgIpc) is 3.32. The fourth-order valence-corrected chi connectivity index (χ4v) is 3.44. The first kappa shape index (κ1) is 15.6. The molecule has 0 spiro atoms. The van der Waals surface area contributed by atoms with E-state index in [4.69, 9.17) is 9.97 Å². The van der Waals surface area contributed by atoms with Gasteiger partial charge in [-0.25, -0.2) is 9.97 Å². The Hall–Kier alpha value is -3.66. The minimum Gasteiger partial charge on any atom is -0.342 e. The lowest BCUT2D eigenvalue weighted by atomic mass is 10.1. The Bertz CT molecular complexity index is 1200. The van der Waals surface area contributed by atoms with E-state index in [1.54, 1.807) is 0 Å². The van der Waals surface area contributed by atoms with Gasteiger partial charge in [-0.05, 0) is 19.1 Å². The zero-order valence-electron chi connectivity index (χ0n) is 14.9. The smallest absolute Gasteiger partial charge is 0.139 e. The van der Waals surface area contributed by atoms with Crippen molar-refractivity contribution in [2.24, 2.45) is 0 Å². The summed E-state index contributed by atoms with van der Waals surface area (Å²) in [5.41, 5.74) is 7.19. The summed E-state index contributed by atoms with van der Waals surface area (Å²) in [5, 5.41) is 0. The van der Waals surface area contributed by atoms with Crippen LogP contribution in [0.1, 0.15) is 5.69 Å². The van der Waals surface area contributed by atoms with E-state index >= 15 is 0 Å². The van der Waals surface area contributed by atoms with Gasteiger partial charge in [0.15, 0.2) is 0 Å². The lowest BCUT2D eigenvalue weighted by Gasteiger charge is -2.04. The van der Waals surface area contributed by atoms with Crippen LogP contribution in [0.2, 0.25) is 0 Å². The lowest BCUT2D eigenvalue weighted by Crippen LogP contribution is -1.88. The van der Waals surface area contributed by atoms with Crippen LogP contribution >= 0.6 is 0 Å². The number of para-hydroxylation sites is 2. The highest BCUT2D eigenvalue weighted by Gasteiger charge is 2.15. The second kappa shape index (κ2) is 6.25. The molecule has 0 amide bonds. The predicted molar refractivity (Wildman–Crippen MR) is 109 cm³/mol. The summed E-state index contributed by atoms with van der Waals surface area (Å²) >= 11 is 0. The van der Waals surface area contributed by atoms with Gasteiger partial charge in [-0.3, -0.25) is 0 Å². The van der Waals surface area contributed by atoms with Crippen LogP contribution in [-0.2, 0) is 0 Å². The maximum atomic E-state index is 4.89. The predicted octanol–water partition coefficient (Wildman–Crippen LogP) is 5.60. The van der Waals surface area contributed by atoms with E-state index in [1.165, 1.54) is 0 Å². The van der Waals surface area contributed by atoms with Crippen LogP contribution < -0.4 is 0 Å². The number of hydrogen-bond donors (Lipinski definition) is 2. The number of aryl methyl sites for hydroxylation is 1. The normalized spacial score (nSPS) is 11.1. The Kier molecular flexibility index (Phi) is 3.61. The van der Waals surface area contributed by atoms with Gasteiger partial charge in [0.2, 0.25) is 0 Å². The van der Waals surface area contributed by atoms with Crippen LogP contribution in [0.15, 0.2) is 78.9 Å². The monoisotopic (exact) mass is 350 g/mol. The third-order valence-corrected chi connectivity index (χ3v) is 4.76. The topological polar surface area (TPSA) is 57.4 Å². The lowest BCUT2D eigenvalue weighted by molar-refractivity contribution is 1.25. The SMILES string of the molecule is Cc1[nH]c(-c2ccccc2-c2nc3ccccc3[nH]2)nc1-c1ccccc1. The van der Waals surface area contributed by atoms with E-state index in [2.05, 4.69) is 41.2 Å². The van der Waals surface area contributed by atoms with Crippen molar-refractivity contribution in [3.05, 3.63) is 84.6 Å². The average molecular weight is 350 g/mol. The van der Waals surface area contributed by atoms with Gasteiger partial charge in [0.25, 0.3) is 0 Å². The minimum atomic E-state index is 0.849. The molecule has 4 heteroatoms. The molecule has 2 heterocycles. The number of rotatable bonds is 3. The number of aromatic amines is 2. The maximum Gasteiger partial charge on any atom is 0.139 e. The van der Waals surface area contributed by atoms with Gasteiger partial charge >= 0.3 is 0 Å². The molecule has 0 saturated carbocycles. The number of imidazole rings is 2. The van der Waals surface area contributed by atoms with Gasteiger partial charge in [0.05, 0.1) is 16.7 Å². The van der Waals surface area contributed by atoms with Crippen molar-refractivity contribution in [3.63, 3.8) is 0 Å². The van der Waals surface area contributed by atoms with Crippen molar-refractivity contribution in [3.8, 4) is 34.0 Å². The Morgan fingerprint density at radius 3 is 2.00 bits per heavy atom. The van der Waals surface area contributed by atoms with E-state index < -0.39 is 0 Å². The van der Waals surface area contributed by atoms with Crippen molar-refractivity contribution < 1.29 is 0 Å². The van der Waals surface area contributed by atoms with E-state index in [-0.39, 0.29) is 0 Å². The van der Waals surface area contributed by atoms with Crippen molar-refractivity contribution in [2.75, 3.05) is 0 Å². The standard InChI is InChI=1S/C23H18N4/c1-15-21(16-9-3-2-4-10-16)27-22(24-15)17-11-5-6-12-18(17)23-25-19-13-7-8-14-20(19)26-23/h2-14H,1H3,(H,24,27)(H,25,26). The molecular weight excluding hydrogens is 332 g/mol. The van der Waals surface area contributed by atoms with Gasteiger partial charge in [-0.1, -0.05) is 66.7 Å². The summed E-state index contributed by atoms with van der Waals surface area (Å²) < 4.78 is 0. The molecule has 0 atom stereocenters. The number of hydrogen-bond acceptors (Lipinski definition) is 2. The molecule has 2 N–H and O–H groups in total. The molecular formula is C23H18N4. The van der Waals surface area contributed by atoms with Crippen LogP contribution in [0.25, 0.3) is 45.1 Å². The molecule has 27 heavy (non-hydrogen) atoms. The molecule has 130 valence electrons. The second-order valence-electron chi connectivity index (χ2n) is 6.57. The van der Waals surface area contributed by atoms with Gasteiger partial charge in [-0.15, -0.1) is 0 Å². The number of fused-ring (bicyclic) bond motifs is 1. The number of H-pyrrole nitrogens is 2. The number of aromatic nitrogens is 4. The molecule has 0 fully saturated rings. The molecule has 0 saturated heterocycles. The number of nitrogens with zero attached hydrogens (tertiary/aromatic N) is 2. The molecule has 2 aromatic heterocycles. The quantitative estimate of drug-likeness (QED) is 0.445. The summed E-state index contributed by atoms with van der Waals surface area (Å²) in [5.74, 6) is 1.70. The van der Waals surface area contributed by atoms with Gasteiger partial charge in [0, 0.05) is 22.4 Å². The molecule has 5 rings (SSSR count). The number of benzene rings is 3. The molecule has 0 aliphatic rings. The molecule has 0 unspecified atom stereocenters. The summed E-state index contributed by atoms with van der Waals surface area (Å²) in [4.78, 5) is 16.5. The fourth-order valence-electron chi connectivity index (χ4n) is 3.44. The van der Waals surface area contributed by atoms with Crippen molar-refractivity contribution in [1.82, 2.24) is 19.9 Å². The third kappa shape index (κ3) is 2.72. The maximum absolute atomic E-state index is 4.89. The van der Waals surface area contributed by atoms with E-state index in [0.717, 1.165) is 50.8 Å². The van der Waals surface area contributed by atoms with E-state index in [1.807, 2.05) is 54.6 Å². The fraction of sp³-hybridized carbons (Fsp3) is 0.0435. The van der Waals surface area contributed by atoms with E-state index in [0.29, 0.717) is 0 Å². The molecule has 0 aliphatic heterocycles. The summed E-state index contributed by atoms with van der Waals surface area (Å²) in [6.07, 6.45) is 0. The third-order valence-electron chi connectivity index (χ3n) is 4.76. The summed E-state index contributed by atoms with van der Waals surface area (Å²) in [7, 11) is 0. The zero-order chi connectivity index (χ0) is 18.2. The molecule has 0 aliphatic carbocycles. The molecule has 5 aromatic rings. The minimum absolute atomic E-state index is 0.849. The van der Waals surface area contributed by atoms with Crippen LogP contribution in [-0.4, -0.2) is 19.9 Å². The van der Waals surface area contributed by atoms with Crippen molar-refractivity contribution in [1.29, 1.82) is 0 Å². The zero-order valence-corrected chi connectivity index (χ0v) is 14.9. The Balaban J connectivity index is 1.65. The van der Waals surface area contributed by atoms with Crippen molar-refractivity contribution >= 4 is 11.0 Å². The van der Waals surface area contributed by atoms with Gasteiger partial charge in [-0.2, -0.15) is 0 Å². The highest BCUT2D eigenvalue weighted by molar-refractivity contribution is 5.84. The van der Waals surface area contributed by atoms with E-state index in [9.17, 15) is 0 Å². The Morgan fingerprint density at radius 1 is 0.630 bits per heavy atom. The van der Waals surface area contributed by atoms with Crippen LogP contribution in [0.4, 0.5) is 0 Å². The highest BCUT2D eigenvalue weighted by atomic mass is 14.9. The molecule has 4 nitrogen and oxygen atoms in total. The first-order valence-electron chi connectivity index (χ1n) is 8.96. The van der Waals surface area contributed by atoms with Gasteiger partial charge < -0.3 is 9.97 Å². The highest BCUT2D eigenvalue weighted by Crippen LogP contribution is 2.32. The summed E-state index contributed by atoms with van der Waals surface area (Å²) in [6.45, 7) is 2.06. The molecule has 3 aromatic carbocycles. The Morgan fingerprint density at radius 2 is 1.26 bits per heavy atom. The van der Waals surface area contributed by atoms with Crippen LogP contribution in [0.3, 0.4) is 0 Å². The first-order valence-corrected chi connectivity index (χ1v) is 8.96.